The van der Waals surface area contributed by atoms with Gasteiger partial charge in [-0.2, -0.15) is 0 Å². The van der Waals surface area contributed by atoms with Gasteiger partial charge in [-0.15, -0.1) is 11.3 Å². The number of thiophene rings is 1. The lowest BCUT2D eigenvalue weighted by Crippen LogP contribution is -2.42. The van der Waals surface area contributed by atoms with Crippen LogP contribution in [0.25, 0.3) is 0 Å². The van der Waals surface area contributed by atoms with Gasteiger partial charge in [0.1, 0.15) is 0 Å². The van der Waals surface area contributed by atoms with Crippen LogP contribution in [0.5, 0.6) is 0 Å². The molecule has 0 spiro atoms. The molecular weight excluding hydrogens is 356 g/mol. The number of amides is 2. The number of hydrogen-bond donors (Lipinski definition) is 1. The molecule has 4 rings (SSSR count). The van der Waals surface area contributed by atoms with Crippen LogP contribution >= 0.6 is 11.3 Å². The van der Waals surface area contributed by atoms with Crippen LogP contribution in [0.15, 0.2) is 66.0 Å². The summed E-state index contributed by atoms with van der Waals surface area (Å²) >= 11 is 1.39. The smallest absolute Gasteiger partial charge is 0.265 e. The number of carbonyl (C=O) groups excluding carboxylic acids is 2. The van der Waals surface area contributed by atoms with Crippen molar-refractivity contribution in [2.75, 3.05) is 10.2 Å². The van der Waals surface area contributed by atoms with Crippen molar-refractivity contribution in [1.29, 1.82) is 0 Å². The van der Waals surface area contributed by atoms with Gasteiger partial charge in [0.2, 0.25) is 0 Å². The molecule has 1 aliphatic rings. The number of nitrogens with one attached hydrogen (secondary N) is 1. The van der Waals surface area contributed by atoms with Crippen molar-refractivity contribution in [3.05, 3.63) is 82.0 Å². The van der Waals surface area contributed by atoms with E-state index in [1.165, 1.54) is 16.9 Å². The fourth-order valence-electron chi connectivity index (χ4n) is 3.47. The van der Waals surface area contributed by atoms with Crippen LogP contribution in [-0.4, -0.2) is 17.9 Å². The maximum absolute atomic E-state index is 13.3. The summed E-state index contributed by atoms with van der Waals surface area (Å²) in [6.07, 6.45) is 1.93. The van der Waals surface area contributed by atoms with Crippen LogP contribution in [0.2, 0.25) is 0 Å². The van der Waals surface area contributed by atoms with Crippen molar-refractivity contribution in [3.8, 4) is 0 Å². The zero-order valence-corrected chi connectivity index (χ0v) is 15.8. The third-order valence-corrected chi connectivity index (χ3v) is 5.72. The number of carbonyl (C=O) groups is 2. The second kappa shape index (κ2) is 7.37. The molecule has 1 N–H and O–H groups in total. The molecule has 1 atom stereocenters. The first-order chi connectivity index (χ1) is 13.1. The number of rotatable bonds is 3. The predicted octanol–water partition coefficient (Wildman–Crippen LogP) is 4.98. The van der Waals surface area contributed by atoms with Crippen molar-refractivity contribution in [3.63, 3.8) is 0 Å². The first-order valence-electron chi connectivity index (χ1n) is 9.00. The molecule has 0 bridgehead atoms. The Labute approximate surface area is 162 Å². The largest absolute Gasteiger partial charge is 0.321 e. The summed E-state index contributed by atoms with van der Waals surface area (Å²) in [5, 5.41) is 4.74. The van der Waals surface area contributed by atoms with E-state index in [4.69, 9.17) is 0 Å². The van der Waals surface area contributed by atoms with Gasteiger partial charge in [0, 0.05) is 23.0 Å². The van der Waals surface area contributed by atoms with Gasteiger partial charge >= 0.3 is 0 Å². The molecule has 4 nitrogen and oxygen atoms in total. The second-order valence-electron chi connectivity index (χ2n) is 6.70. The van der Waals surface area contributed by atoms with Crippen molar-refractivity contribution < 1.29 is 9.59 Å². The highest BCUT2D eigenvalue weighted by atomic mass is 32.1. The minimum Gasteiger partial charge on any atom is -0.321 e. The van der Waals surface area contributed by atoms with Crippen molar-refractivity contribution >= 4 is 34.5 Å². The number of fused-ring (bicyclic) bond motifs is 1. The van der Waals surface area contributed by atoms with Crippen LogP contribution in [0.3, 0.4) is 0 Å². The molecular formula is C22H20N2O2S. The number of hydrogen-bond acceptors (Lipinski definition) is 3. The summed E-state index contributed by atoms with van der Waals surface area (Å²) in [7, 11) is 0. The molecule has 2 aromatic carbocycles. The lowest BCUT2D eigenvalue weighted by atomic mass is 9.95. The van der Waals surface area contributed by atoms with Gasteiger partial charge in [-0.3, -0.25) is 9.59 Å². The van der Waals surface area contributed by atoms with Gasteiger partial charge in [-0.25, -0.2) is 0 Å². The van der Waals surface area contributed by atoms with E-state index in [-0.39, 0.29) is 17.9 Å². The molecule has 27 heavy (non-hydrogen) atoms. The monoisotopic (exact) mass is 376 g/mol. The molecule has 136 valence electrons. The van der Waals surface area contributed by atoms with Crippen LogP contribution in [0.1, 0.15) is 38.9 Å². The Balaban J connectivity index is 1.60. The summed E-state index contributed by atoms with van der Waals surface area (Å²) in [5.41, 5.74) is 3.38. The van der Waals surface area contributed by atoms with Crippen LogP contribution in [0, 0.1) is 0 Å². The summed E-state index contributed by atoms with van der Waals surface area (Å²) in [6.45, 7) is 2.08. The SMILES string of the molecule is CC1CCc2ccccc2N1C(=O)c1cccc(NC(=O)c2cccs2)c1. The van der Waals surface area contributed by atoms with Crippen molar-refractivity contribution in [2.45, 2.75) is 25.8 Å². The Hall–Kier alpha value is -2.92. The molecule has 2 heterocycles. The Morgan fingerprint density at radius 1 is 1.07 bits per heavy atom. The van der Waals surface area contributed by atoms with Gasteiger partial charge in [0.25, 0.3) is 11.8 Å². The molecule has 0 fully saturated rings. The molecule has 3 aromatic rings. The van der Waals surface area contributed by atoms with E-state index in [2.05, 4.69) is 18.3 Å². The zero-order chi connectivity index (χ0) is 18.8. The quantitative estimate of drug-likeness (QED) is 0.701. The van der Waals surface area contributed by atoms with E-state index in [1.54, 1.807) is 30.3 Å². The fraction of sp³-hybridized carbons (Fsp3) is 0.182. The molecule has 2 amide bonds. The van der Waals surface area contributed by atoms with E-state index >= 15 is 0 Å². The van der Waals surface area contributed by atoms with Crippen molar-refractivity contribution in [1.82, 2.24) is 0 Å². The lowest BCUT2D eigenvalue weighted by Gasteiger charge is -2.35. The molecule has 5 heteroatoms. The molecule has 0 radical (unpaired) electrons. The van der Waals surface area contributed by atoms with E-state index in [1.807, 2.05) is 34.5 Å². The van der Waals surface area contributed by atoms with E-state index in [0.29, 0.717) is 16.1 Å². The Morgan fingerprint density at radius 3 is 2.74 bits per heavy atom. The number of nitrogens with zero attached hydrogens (tertiary/aromatic N) is 1. The van der Waals surface area contributed by atoms with Gasteiger partial charge in [0.15, 0.2) is 0 Å². The molecule has 0 aliphatic carbocycles. The minimum absolute atomic E-state index is 0.0399. The highest BCUT2D eigenvalue weighted by Gasteiger charge is 2.28. The minimum atomic E-state index is -0.161. The first-order valence-corrected chi connectivity index (χ1v) is 9.88. The number of anilines is 2. The zero-order valence-electron chi connectivity index (χ0n) is 15.0. The Morgan fingerprint density at radius 2 is 1.93 bits per heavy atom. The topological polar surface area (TPSA) is 49.4 Å². The average Bonchev–Trinajstić information content (AvgIpc) is 3.23. The molecule has 0 saturated carbocycles. The lowest BCUT2D eigenvalue weighted by molar-refractivity contribution is 0.0973. The molecule has 1 aliphatic heterocycles. The number of para-hydroxylation sites is 1. The number of aryl methyl sites for hydroxylation is 1. The van der Waals surface area contributed by atoms with Gasteiger partial charge in [-0.05, 0) is 61.0 Å². The normalized spacial score (nSPS) is 15.9. The maximum atomic E-state index is 13.3. The van der Waals surface area contributed by atoms with Crippen LogP contribution < -0.4 is 10.2 Å². The van der Waals surface area contributed by atoms with Gasteiger partial charge < -0.3 is 10.2 Å². The van der Waals surface area contributed by atoms with Crippen molar-refractivity contribution in [2.24, 2.45) is 0 Å². The Bertz CT molecular complexity index is 981. The summed E-state index contributed by atoms with van der Waals surface area (Å²) in [4.78, 5) is 28.1. The van der Waals surface area contributed by atoms with E-state index in [9.17, 15) is 9.59 Å². The third-order valence-electron chi connectivity index (χ3n) is 4.85. The molecule has 0 saturated heterocycles. The van der Waals surface area contributed by atoms with Gasteiger partial charge in [-0.1, -0.05) is 30.3 Å². The summed E-state index contributed by atoms with van der Waals surface area (Å²) in [5.74, 6) is -0.201. The third kappa shape index (κ3) is 3.51. The fourth-order valence-corrected chi connectivity index (χ4v) is 4.09. The molecule has 1 unspecified atom stereocenters. The second-order valence-corrected chi connectivity index (χ2v) is 7.65. The first kappa shape index (κ1) is 17.5. The van der Waals surface area contributed by atoms with Crippen LogP contribution in [-0.2, 0) is 6.42 Å². The summed E-state index contributed by atoms with van der Waals surface area (Å²) in [6, 6.07) is 19.0. The van der Waals surface area contributed by atoms with Crippen LogP contribution in [0.4, 0.5) is 11.4 Å². The standard InChI is InChI=1S/C22H20N2O2S/c1-15-11-12-16-6-2-3-9-19(16)24(15)22(26)17-7-4-8-18(14-17)23-21(25)20-10-5-13-27-20/h2-10,13-15H,11-12H2,1H3,(H,23,25). The van der Waals surface area contributed by atoms with E-state index in [0.717, 1.165) is 18.5 Å². The van der Waals surface area contributed by atoms with Gasteiger partial charge in [0.05, 0.1) is 4.88 Å². The maximum Gasteiger partial charge on any atom is 0.265 e. The Kier molecular flexibility index (Phi) is 4.77. The average molecular weight is 376 g/mol. The molecule has 1 aromatic heterocycles. The number of benzene rings is 2. The predicted molar refractivity (Wildman–Crippen MR) is 110 cm³/mol. The highest BCUT2D eigenvalue weighted by Crippen LogP contribution is 2.32. The highest BCUT2D eigenvalue weighted by molar-refractivity contribution is 7.12. The van der Waals surface area contributed by atoms with E-state index < -0.39 is 0 Å². The summed E-state index contributed by atoms with van der Waals surface area (Å²) < 4.78 is 0.